The second-order valence-electron chi connectivity index (χ2n) is 6.94. The zero-order valence-corrected chi connectivity index (χ0v) is 17.7. The third-order valence-corrected chi connectivity index (χ3v) is 6.05. The molecule has 1 aliphatic carbocycles. The fourth-order valence-electron chi connectivity index (χ4n) is 3.43. The molecule has 2 aromatic carbocycles. The molecule has 1 atom stereocenters. The molecular formula is C22H20FN3O4S. The molecule has 7 nitrogen and oxygen atoms in total. The number of ether oxygens (including phenoxy) is 2. The van der Waals surface area contributed by atoms with Crippen LogP contribution in [0.5, 0.6) is 11.5 Å². The molecule has 1 heterocycles. The number of aromatic nitrogens is 1. The second kappa shape index (κ2) is 8.73. The van der Waals surface area contributed by atoms with Gasteiger partial charge in [0.25, 0.3) is 5.91 Å². The second-order valence-corrected chi connectivity index (χ2v) is 8.03. The van der Waals surface area contributed by atoms with Gasteiger partial charge in [-0.05, 0) is 37.1 Å². The van der Waals surface area contributed by atoms with Crippen molar-refractivity contribution in [1.29, 1.82) is 0 Å². The average molecular weight is 441 g/mol. The lowest BCUT2D eigenvalue weighted by molar-refractivity contribution is -0.117. The Labute approximate surface area is 182 Å². The molecule has 9 heteroatoms. The summed E-state index contributed by atoms with van der Waals surface area (Å²) in [5.41, 5.74) is 1.12. The number of para-hydroxylation sites is 1. The van der Waals surface area contributed by atoms with Crippen LogP contribution in [-0.2, 0) is 11.2 Å². The predicted molar refractivity (Wildman–Crippen MR) is 116 cm³/mol. The minimum atomic E-state index is -0.492. The SMILES string of the molecule is COc1cc(OC)cc(C(=O)Nc2nc3c(s2)CCC3C(=O)Nc2ccccc2F)c1. The summed E-state index contributed by atoms with van der Waals surface area (Å²) in [5.74, 6) is -0.670. The first-order valence-electron chi connectivity index (χ1n) is 9.58. The maximum atomic E-state index is 13.9. The van der Waals surface area contributed by atoms with Crippen molar-refractivity contribution in [3.63, 3.8) is 0 Å². The van der Waals surface area contributed by atoms with Crippen LogP contribution < -0.4 is 20.1 Å². The van der Waals surface area contributed by atoms with Crippen LogP contribution in [-0.4, -0.2) is 31.0 Å². The first kappa shape index (κ1) is 20.8. The molecule has 0 spiro atoms. The van der Waals surface area contributed by atoms with Gasteiger partial charge in [0, 0.05) is 16.5 Å². The molecule has 1 aliphatic rings. The van der Waals surface area contributed by atoms with E-state index in [-0.39, 0.29) is 17.5 Å². The summed E-state index contributed by atoms with van der Waals surface area (Å²) in [6, 6.07) is 10.9. The molecule has 0 fully saturated rings. The number of halogens is 1. The van der Waals surface area contributed by atoms with Crippen molar-refractivity contribution in [2.45, 2.75) is 18.8 Å². The van der Waals surface area contributed by atoms with Gasteiger partial charge in [0.2, 0.25) is 5.91 Å². The number of anilines is 2. The lowest BCUT2D eigenvalue weighted by Crippen LogP contribution is -2.20. The molecule has 2 amide bonds. The van der Waals surface area contributed by atoms with E-state index >= 15 is 0 Å². The Morgan fingerprint density at radius 2 is 1.81 bits per heavy atom. The Kier molecular flexibility index (Phi) is 5.85. The van der Waals surface area contributed by atoms with E-state index < -0.39 is 11.7 Å². The van der Waals surface area contributed by atoms with Gasteiger partial charge in [-0.2, -0.15) is 0 Å². The summed E-state index contributed by atoms with van der Waals surface area (Å²) >= 11 is 1.34. The average Bonchev–Trinajstić information content (AvgIpc) is 3.35. The lowest BCUT2D eigenvalue weighted by Gasteiger charge is -2.11. The van der Waals surface area contributed by atoms with E-state index in [2.05, 4.69) is 15.6 Å². The summed E-state index contributed by atoms with van der Waals surface area (Å²) in [5, 5.41) is 5.81. The number of nitrogens with zero attached hydrogens (tertiary/aromatic N) is 1. The maximum absolute atomic E-state index is 13.9. The maximum Gasteiger partial charge on any atom is 0.257 e. The molecule has 3 aromatic rings. The minimum absolute atomic E-state index is 0.136. The van der Waals surface area contributed by atoms with E-state index in [4.69, 9.17) is 9.47 Å². The number of thiazole rings is 1. The van der Waals surface area contributed by atoms with Crippen LogP contribution in [0.15, 0.2) is 42.5 Å². The van der Waals surface area contributed by atoms with E-state index in [9.17, 15) is 14.0 Å². The number of aryl methyl sites for hydroxylation is 1. The lowest BCUT2D eigenvalue weighted by atomic mass is 10.1. The van der Waals surface area contributed by atoms with Gasteiger partial charge in [-0.1, -0.05) is 12.1 Å². The molecule has 0 bridgehead atoms. The molecule has 2 N–H and O–H groups in total. The van der Waals surface area contributed by atoms with Crippen LogP contribution in [0.2, 0.25) is 0 Å². The molecular weight excluding hydrogens is 421 g/mol. The molecule has 160 valence electrons. The van der Waals surface area contributed by atoms with Crippen molar-refractivity contribution >= 4 is 34.0 Å². The molecule has 0 radical (unpaired) electrons. The van der Waals surface area contributed by atoms with E-state index in [1.807, 2.05) is 0 Å². The zero-order chi connectivity index (χ0) is 22.0. The van der Waals surface area contributed by atoms with Gasteiger partial charge >= 0.3 is 0 Å². The van der Waals surface area contributed by atoms with Gasteiger partial charge in [-0.3, -0.25) is 14.9 Å². The number of nitrogens with one attached hydrogen (secondary N) is 2. The number of amides is 2. The van der Waals surface area contributed by atoms with E-state index in [1.54, 1.807) is 30.3 Å². The van der Waals surface area contributed by atoms with Crippen LogP contribution in [0.1, 0.15) is 33.3 Å². The first-order chi connectivity index (χ1) is 15.0. The highest BCUT2D eigenvalue weighted by Gasteiger charge is 2.33. The standard InChI is InChI=1S/C22H20FN3O4S/c1-29-13-9-12(10-14(11-13)30-2)20(27)26-22-25-19-15(7-8-18(19)31-22)21(28)24-17-6-4-3-5-16(17)23/h3-6,9-11,15H,7-8H2,1-2H3,(H,24,28)(H,25,26,27). The van der Waals surface area contributed by atoms with Crippen molar-refractivity contribution in [2.75, 3.05) is 24.9 Å². The quantitative estimate of drug-likeness (QED) is 0.598. The van der Waals surface area contributed by atoms with E-state index in [1.165, 1.54) is 37.7 Å². The number of rotatable bonds is 6. The Hall–Kier alpha value is -3.46. The molecule has 0 saturated carbocycles. The van der Waals surface area contributed by atoms with Gasteiger partial charge in [0.15, 0.2) is 5.13 Å². The fourth-order valence-corrected chi connectivity index (χ4v) is 4.46. The highest BCUT2D eigenvalue weighted by molar-refractivity contribution is 7.16. The van der Waals surface area contributed by atoms with Crippen LogP contribution in [0.4, 0.5) is 15.2 Å². The fraction of sp³-hybridized carbons (Fsp3) is 0.227. The van der Waals surface area contributed by atoms with E-state index in [0.717, 1.165) is 4.88 Å². The van der Waals surface area contributed by atoms with Crippen molar-refractivity contribution in [3.05, 3.63) is 64.4 Å². The predicted octanol–water partition coefficient (Wildman–Crippen LogP) is 4.22. The summed E-state index contributed by atoms with van der Waals surface area (Å²) in [6.45, 7) is 0. The Bertz CT molecular complexity index is 1130. The Morgan fingerprint density at radius 1 is 1.10 bits per heavy atom. The van der Waals surface area contributed by atoms with Crippen LogP contribution in [0.25, 0.3) is 0 Å². The number of hydrogen-bond acceptors (Lipinski definition) is 6. The topological polar surface area (TPSA) is 89.6 Å². The van der Waals surface area contributed by atoms with Gasteiger partial charge < -0.3 is 14.8 Å². The molecule has 0 aliphatic heterocycles. The smallest absolute Gasteiger partial charge is 0.257 e. The summed E-state index contributed by atoms with van der Waals surface area (Å²) in [4.78, 5) is 30.8. The van der Waals surface area contributed by atoms with Crippen molar-refractivity contribution < 1.29 is 23.5 Å². The number of benzene rings is 2. The molecule has 1 aromatic heterocycles. The highest BCUT2D eigenvalue weighted by Crippen LogP contribution is 2.39. The number of carbonyl (C=O) groups excluding carboxylic acids is 2. The summed E-state index contributed by atoms with van der Waals surface area (Å²) in [7, 11) is 3.02. The molecule has 31 heavy (non-hydrogen) atoms. The van der Waals surface area contributed by atoms with Crippen molar-refractivity contribution in [3.8, 4) is 11.5 Å². The van der Waals surface area contributed by atoms with Crippen molar-refractivity contribution in [1.82, 2.24) is 4.98 Å². The Morgan fingerprint density at radius 3 is 2.48 bits per heavy atom. The van der Waals surface area contributed by atoms with Gasteiger partial charge in [0.05, 0.1) is 31.5 Å². The third-order valence-electron chi connectivity index (χ3n) is 5.00. The van der Waals surface area contributed by atoms with Gasteiger partial charge in [0.1, 0.15) is 17.3 Å². The Balaban J connectivity index is 1.49. The van der Waals surface area contributed by atoms with Crippen LogP contribution in [0, 0.1) is 5.82 Å². The number of methoxy groups -OCH3 is 2. The van der Waals surface area contributed by atoms with Gasteiger partial charge in [-0.15, -0.1) is 11.3 Å². The first-order valence-corrected chi connectivity index (χ1v) is 10.4. The van der Waals surface area contributed by atoms with Gasteiger partial charge in [-0.25, -0.2) is 9.37 Å². The molecule has 4 rings (SSSR count). The van der Waals surface area contributed by atoms with Crippen LogP contribution in [0.3, 0.4) is 0 Å². The summed E-state index contributed by atoms with van der Waals surface area (Å²) < 4.78 is 24.3. The van der Waals surface area contributed by atoms with E-state index in [0.29, 0.717) is 40.7 Å². The normalized spacial score (nSPS) is 14.6. The summed E-state index contributed by atoms with van der Waals surface area (Å²) in [6.07, 6.45) is 1.26. The minimum Gasteiger partial charge on any atom is -0.497 e. The number of fused-ring (bicyclic) bond motifs is 1. The monoisotopic (exact) mass is 441 g/mol. The van der Waals surface area contributed by atoms with Crippen LogP contribution >= 0.6 is 11.3 Å². The highest BCUT2D eigenvalue weighted by atomic mass is 32.1. The third kappa shape index (κ3) is 4.36. The largest absolute Gasteiger partial charge is 0.497 e. The number of carbonyl (C=O) groups is 2. The van der Waals surface area contributed by atoms with Crippen molar-refractivity contribution in [2.24, 2.45) is 0 Å². The zero-order valence-electron chi connectivity index (χ0n) is 16.9. The molecule has 0 saturated heterocycles. The molecule has 1 unspecified atom stereocenters. The number of hydrogen-bond donors (Lipinski definition) is 2.